The lowest BCUT2D eigenvalue weighted by Crippen LogP contribution is -2.23. The summed E-state index contributed by atoms with van der Waals surface area (Å²) in [6.07, 6.45) is 0.727. The Morgan fingerprint density at radius 1 is 1.32 bits per heavy atom. The van der Waals surface area contributed by atoms with E-state index in [4.69, 9.17) is 22.1 Å². The standard InChI is InChI=1S/C13H10Br2ClNOS/c14-6-1-2-10-7(3-6)9(17)5-11(18-10)12-4-8(15)13(16)19-12/h1-4,9,11H,5,17H2. The summed E-state index contributed by atoms with van der Waals surface area (Å²) in [6.45, 7) is 0. The van der Waals surface area contributed by atoms with E-state index >= 15 is 0 Å². The summed E-state index contributed by atoms with van der Waals surface area (Å²) < 4.78 is 8.72. The zero-order valence-electron chi connectivity index (χ0n) is 9.70. The Labute approximate surface area is 137 Å². The summed E-state index contributed by atoms with van der Waals surface area (Å²) in [7, 11) is 0. The molecule has 0 aliphatic carbocycles. The quantitative estimate of drug-likeness (QED) is 0.662. The van der Waals surface area contributed by atoms with Gasteiger partial charge in [0.1, 0.15) is 16.2 Å². The molecule has 100 valence electrons. The highest BCUT2D eigenvalue weighted by atomic mass is 79.9. The van der Waals surface area contributed by atoms with E-state index in [9.17, 15) is 0 Å². The molecule has 3 rings (SSSR count). The van der Waals surface area contributed by atoms with Crippen molar-refractivity contribution >= 4 is 54.8 Å². The first kappa shape index (κ1) is 13.9. The van der Waals surface area contributed by atoms with Crippen LogP contribution in [0.4, 0.5) is 0 Å². The maximum absolute atomic E-state index is 6.25. The first-order valence-corrected chi connectivity index (χ1v) is 8.49. The fourth-order valence-electron chi connectivity index (χ4n) is 2.17. The van der Waals surface area contributed by atoms with Crippen LogP contribution in [-0.2, 0) is 0 Å². The molecule has 2 atom stereocenters. The first-order valence-electron chi connectivity index (χ1n) is 5.71. The number of ether oxygens (including phenoxy) is 1. The summed E-state index contributed by atoms with van der Waals surface area (Å²) in [5.74, 6) is 0.854. The lowest BCUT2D eigenvalue weighted by Gasteiger charge is -2.29. The van der Waals surface area contributed by atoms with E-state index in [0.717, 1.165) is 35.9 Å². The van der Waals surface area contributed by atoms with E-state index in [0.29, 0.717) is 0 Å². The van der Waals surface area contributed by atoms with Crippen molar-refractivity contribution in [1.82, 2.24) is 0 Å². The maximum atomic E-state index is 6.25. The van der Waals surface area contributed by atoms with Gasteiger partial charge >= 0.3 is 0 Å². The lowest BCUT2D eigenvalue weighted by atomic mass is 9.97. The molecule has 0 bridgehead atoms. The molecule has 2 heterocycles. The minimum atomic E-state index is -0.0301. The SMILES string of the molecule is NC1CC(c2cc(Br)c(Cl)s2)Oc2ccc(Br)cc21. The van der Waals surface area contributed by atoms with Gasteiger partial charge in [-0.15, -0.1) is 11.3 Å². The number of nitrogens with two attached hydrogens (primary N) is 1. The van der Waals surface area contributed by atoms with Crippen LogP contribution in [-0.4, -0.2) is 0 Å². The molecule has 0 radical (unpaired) electrons. The number of benzene rings is 1. The third-order valence-corrected chi connectivity index (χ3v) is 6.15. The van der Waals surface area contributed by atoms with E-state index in [2.05, 4.69) is 31.9 Å². The molecule has 0 amide bonds. The van der Waals surface area contributed by atoms with Gasteiger partial charge in [0.2, 0.25) is 0 Å². The second-order valence-electron chi connectivity index (χ2n) is 4.40. The minimum absolute atomic E-state index is 0.0223. The normalized spacial score (nSPS) is 21.9. The molecule has 1 aliphatic rings. The molecule has 6 heteroatoms. The molecule has 1 aromatic carbocycles. The van der Waals surface area contributed by atoms with Crippen molar-refractivity contribution in [3.63, 3.8) is 0 Å². The van der Waals surface area contributed by atoms with Crippen LogP contribution in [0, 0.1) is 0 Å². The molecule has 0 saturated heterocycles. The van der Waals surface area contributed by atoms with Crippen molar-refractivity contribution < 1.29 is 4.74 Å². The summed E-state index contributed by atoms with van der Waals surface area (Å²) in [6, 6.07) is 7.92. The average Bonchev–Trinajstić information content (AvgIpc) is 2.70. The summed E-state index contributed by atoms with van der Waals surface area (Å²) in [5, 5.41) is 0. The van der Waals surface area contributed by atoms with E-state index < -0.39 is 0 Å². The van der Waals surface area contributed by atoms with Crippen LogP contribution in [0.15, 0.2) is 33.2 Å². The van der Waals surface area contributed by atoms with E-state index in [-0.39, 0.29) is 12.1 Å². The molecular formula is C13H10Br2ClNOS. The second kappa shape index (κ2) is 5.37. The number of rotatable bonds is 1. The Morgan fingerprint density at radius 2 is 2.11 bits per heavy atom. The fraction of sp³-hybridized carbons (Fsp3) is 0.231. The molecular weight excluding hydrogens is 413 g/mol. The fourth-order valence-corrected chi connectivity index (χ4v) is 4.33. The van der Waals surface area contributed by atoms with Crippen LogP contribution in [0.3, 0.4) is 0 Å². The van der Waals surface area contributed by atoms with Gasteiger partial charge < -0.3 is 10.5 Å². The highest BCUT2D eigenvalue weighted by molar-refractivity contribution is 9.10. The van der Waals surface area contributed by atoms with Crippen molar-refractivity contribution in [2.75, 3.05) is 0 Å². The van der Waals surface area contributed by atoms with Crippen molar-refractivity contribution in [2.24, 2.45) is 5.73 Å². The molecule has 19 heavy (non-hydrogen) atoms. The molecule has 2 unspecified atom stereocenters. The highest BCUT2D eigenvalue weighted by Gasteiger charge is 2.28. The Bertz CT molecular complexity index is 612. The van der Waals surface area contributed by atoms with Crippen LogP contribution in [0.1, 0.15) is 29.0 Å². The van der Waals surface area contributed by atoms with Gasteiger partial charge in [-0.1, -0.05) is 27.5 Å². The zero-order chi connectivity index (χ0) is 13.6. The number of hydrogen-bond donors (Lipinski definition) is 1. The number of thiophene rings is 1. The van der Waals surface area contributed by atoms with Crippen LogP contribution in [0.25, 0.3) is 0 Å². The molecule has 0 spiro atoms. The number of fused-ring (bicyclic) bond motifs is 1. The van der Waals surface area contributed by atoms with Crippen LogP contribution < -0.4 is 10.5 Å². The first-order chi connectivity index (χ1) is 9.04. The van der Waals surface area contributed by atoms with Gasteiger partial charge in [0.15, 0.2) is 0 Å². The topological polar surface area (TPSA) is 35.2 Å². The molecule has 1 aliphatic heterocycles. The summed E-state index contributed by atoms with van der Waals surface area (Å²) in [5.41, 5.74) is 7.30. The van der Waals surface area contributed by atoms with Gasteiger partial charge in [-0.2, -0.15) is 0 Å². The lowest BCUT2D eigenvalue weighted by molar-refractivity contribution is 0.165. The monoisotopic (exact) mass is 421 g/mol. The largest absolute Gasteiger partial charge is 0.484 e. The Balaban J connectivity index is 1.94. The van der Waals surface area contributed by atoms with E-state index in [1.807, 2.05) is 24.3 Å². The van der Waals surface area contributed by atoms with Gasteiger partial charge in [0.05, 0.1) is 0 Å². The summed E-state index contributed by atoms with van der Waals surface area (Å²) in [4.78, 5) is 1.10. The predicted octanol–water partition coefficient (Wildman–Crippen LogP) is 5.45. The molecule has 1 aromatic heterocycles. The Morgan fingerprint density at radius 3 is 2.79 bits per heavy atom. The van der Waals surface area contributed by atoms with E-state index in [1.165, 1.54) is 11.3 Å². The molecule has 0 saturated carbocycles. The molecule has 2 aromatic rings. The van der Waals surface area contributed by atoms with Crippen LogP contribution in [0.2, 0.25) is 4.34 Å². The molecule has 2 N–H and O–H groups in total. The zero-order valence-corrected chi connectivity index (χ0v) is 14.4. The third-order valence-electron chi connectivity index (χ3n) is 3.09. The van der Waals surface area contributed by atoms with Crippen LogP contribution in [0.5, 0.6) is 5.75 Å². The Kier molecular flexibility index (Phi) is 3.93. The summed E-state index contributed by atoms with van der Waals surface area (Å²) >= 11 is 14.5. The smallest absolute Gasteiger partial charge is 0.135 e. The van der Waals surface area contributed by atoms with Crippen LogP contribution >= 0.6 is 54.8 Å². The van der Waals surface area contributed by atoms with Crippen molar-refractivity contribution in [3.05, 3.63) is 48.0 Å². The maximum Gasteiger partial charge on any atom is 0.135 e. The van der Waals surface area contributed by atoms with Crippen molar-refractivity contribution in [2.45, 2.75) is 18.6 Å². The molecule has 0 fully saturated rings. The second-order valence-corrected chi connectivity index (χ2v) is 7.86. The van der Waals surface area contributed by atoms with Crippen molar-refractivity contribution in [3.8, 4) is 5.75 Å². The van der Waals surface area contributed by atoms with Gasteiger partial charge in [0, 0.05) is 31.8 Å². The van der Waals surface area contributed by atoms with Gasteiger partial charge in [-0.25, -0.2) is 0 Å². The van der Waals surface area contributed by atoms with Gasteiger partial charge in [0.25, 0.3) is 0 Å². The minimum Gasteiger partial charge on any atom is -0.484 e. The van der Waals surface area contributed by atoms with Gasteiger partial charge in [-0.3, -0.25) is 0 Å². The third kappa shape index (κ3) is 2.72. The predicted molar refractivity (Wildman–Crippen MR) is 86.1 cm³/mol. The number of hydrogen-bond acceptors (Lipinski definition) is 3. The highest BCUT2D eigenvalue weighted by Crippen LogP contribution is 2.44. The molecule has 2 nitrogen and oxygen atoms in total. The number of halogens is 3. The average molecular weight is 424 g/mol. The van der Waals surface area contributed by atoms with Crippen molar-refractivity contribution in [1.29, 1.82) is 0 Å². The van der Waals surface area contributed by atoms with E-state index in [1.54, 1.807) is 0 Å². The van der Waals surface area contributed by atoms with Gasteiger partial charge in [-0.05, 0) is 40.2 Å². The Hall–Kier alpha value is -0.0700.